The fourth-order valence-corrected chi connectivity index (χ4v) is 9.13. The van der Waals surface area contributed by atoms with Gasteiger partial charge in [0.2, 0.25) is 0 Å². The molecule has 1 N–H and O–H groups in total. The van der Waals surface area contributed by atoms with E-state index in [1.165, 1.54) is 61.3 Å². The summed E-state index contributed by atoms with van der Waals surface area (Å²) in [6.07, 6.45) is 18.1. The van der Waals surface area contributed by atoms with Crippen LogP contribution in [0.5, 0.6) is 0 Å². The van der Waals surface area contributed by atoms with Crippen LogP contribution in [-0.2, 0) is 5.41 Å². The molecular weight excluding hydrogens is 643 g/mol. The van der Waals surface area contributed by atoms with Gasteiger partial charge in [-0.15, -0.1) is 0 Å². The summed E-state index contributed by atoms with van der Waals surface area (Å²) in [5.74, 6) is 0.462. The van der Waals surface area contributed by atoms with Gasteiger partial charge in [0.1, 0.15) is 11.2 Å². The lowest BCUT2D eigenvalue weighted by atomic mass is 9.76. The first-order valence-corrected chi connectivity index (χ1v) is 18.9. The van der Waals surface area contributed by atoms with Gasteiger partial charge >= 0.3 is 0 Å². The Labute approximate surface area is 311 Å². The van der Waals surface area contributed by atoms with E-state index in [0.717, 1.165) is 40.3 Å². The van der Waals surface area contributed by atoms with Crippen molar-refractivity contribution in [2.24, 2.45) is 0 Å². The highest BCUT2D eigenvalue weighted by Gasteiger charge is 2.42. The molecule has 256 valence electrons. The maximum atomic E-state index is 6.27. The number of furan rings is 1. The molecule has 1 aromatic heterocycles. The maximum Gasteiger partial charge on any atom is 0.143 e. The maximum absolute atomic E-state index is 6.27. The lowest BCUT2D eigenvalue weighted by molar-refractivity contribution is 0.645. The lowest BCUT2D eigenvalue weighted by Crippen LogP contribution is -2.21. The normalized spacial score (nSPS) is 18.4. The molecule has 3 aliphatic carbocycles. The average molecular weight is 684 g/mol. The average Bonchev–Trinajstić information content (AvgIpc) is 3.86. The van der Waals surface area contributed by atoms with E-state index in [0.29, 0.717) is 12.0 Å². The predicted octanol–water partition coefficient (Wildman–Crippen LogP) is 13.6. The lowest BCUT2D eigenvalue weighted by Gasteiger charge is -2.26. The first-order chi connectivity index (χ1) is 26.0. The highest BCUT2D eigenvalue weighted by molar-refractivity contribution is 6.09. The molecule has 4 aliphatic rings. The molecule has 2 nitrogen and oxygen atoms in total. The molecule has 7 aromatic rings. The molecule has 6 aromatic carbocycles. The summed E-state index contributed by atoms with van der Waals surface area (Å²) in [6.45, 7) is 4.74. The van der Waals surface area contributed by atoms with Gasteiger partial charge in [0, 0.05) is 33.4 Å². The van der Waals surface area contributed by atoms with Crippen molar-refractivity contribution < 1.29 is 4.42 Å². The minimum atomic E-state index is 0.0723. The summed E-state index contributed by atoms with van der Waals surface area (Å²) < 4.78 is 6.27. The minimum absolute atomic E-state index is 0.0723. The largest absolute Gasteiger partial charge is 0.455 e. The Hall–Kier alpha value is -6.12. The summed E-state index contributed by atoms with van der Waals surface area (Å²) in [5.41, 5.74) is 17.9. The predicted molar refractivity (Wildman–Crippen MR) is 223 cm³/mol. The summed E-state index contributed by atoms with van der Waals surface area (Å²) in [6, 6.07) is 46.1. The van der Waals surface area contributed by atoms with Crippen molar-refractivity contribution in [3.8, 4) is 33.4 Å². The van der Waals surface area contributed by atoms with Crippen molar-refractivity contribution in [3.63, 3.8) is 0 Å². The van der Waals surface area contributed by atoms with Crippen LogP contribution in [0.15, 0.2) is 174 Å². The molecule has 0 fully saturated rings. The Balaban J connectivity index is 0.000000140. The quantitative estimate of drug-likeness (QED) is 0.201. The number of nitrogens with one attached hydrogen (secondary N) is 1. The monoisotopic (exact) mass is 683 g/mol. The van der Waals surface area contributed by atoms with E-state index in [-0.39, 0.29) is 5.41 Å². The minimum Gasteiger partial charge on any atom is -0.455 e. The SMILES string of the molecule is C1=CC(c2cccc(-c3cccc(-c4cccc5c4oc4ccccc45)c3)c2)=CCC1.CC1(C)c2ccccc2-c2ccc3c(c21)C1C=CC=CC1N3. The number of para-hydroxylation sites is 2. The van der Waals surface area contributed by atoms with Crippen LogP contribution in [0.4, 0.5) is 5.69 Å². The van der Waals surface area contributed by atoms with Gasteiger partial charge in [-0.3, -0.25) is 0 Å². The van der Waals surface area contributed by atoms with E-state index in [2.05, 4.69) is 177 Å². The van der Waals surface area contributed by atoms with Crippen molar-refractivity contribution in [1.29, 1.82) is 0 Å². The highest BCUT2D eigenvalue weighted by atomic mass is 16.3. The van der Waals surface area contributed by atoms with Crippen LogP contribution < -0.4 is 5.32 Å². The molecule has 2 heteroatoms. The number of anilines is 1. The Morgan fingerprint density at radius 3 is 2.21 bits per heavy atom. The first-order valence-electron chi connectivity index (χ1n) is 18.9. The van der Waals surface area contributed by atoms with Crippen molar-refractivity contribution >= 4 is 33.2 Å². The van der Waals surface area contributed by atoms with E-state index in [4.69, 9.17) is 4.42 Å². The van der Waals surface area contributed by atoms with E-state index in [1.54, 1.807) is 0 Å². The molecule has 53 heavy (non-hydrogen) atoms. The molecule has 0 saturated heterocycles. The van der Waals surface area contributed by atoms with E-state index < -0.39 is 0 Å². The van der Waals surface area contributed by atoms with Crippen molar-refractivity contribution in [2.75, 3.05) is 5.32 Å². The smallest absolute Gasteiger partial charge is 0.143 e. The van der Waals surface area contributed by atoms with Crippen LogP contribution >= 0.6 is 0 Å². The Kier molecular flexibility index (Phi) is 7.47. The molecular formula is C51H41NO. The zero-order chi connectivity index (χ0) is 35.5. The van der Waals surface area contributed by atoms with Crippen molar-refractivity contribution in [2.45, 2.75) is 44.1 Å². The second-order valence-corrected chi connectivity index (χ2v) is 15.2. The number of hydrogen-bond donors (Lipinski definition) is 1. The standard InChI is InChI=1S/C30H22O.C21H19N/c1-2-9-21(10-3-1)22-11-6-12-23(19-22)24-13-7-14-25(20-24)26-16-8-17-28-27-15-4-5-18-29(27)31-30(26)28;1-21(2)16-9-5-3-7-13(16)14-11-12-18-19(20(14)21)15-8-4-6-10-17(15)22-18/h2,4-20H,1,3H2;3-12,15,17,22H,1-2H3. The fraction of sp³-hybridized carbons (Fsp3) is 0.137. The Morgan fingerprint density at radius 2 is 1.34 bits per heavy atom. The first kappa shape index (κ1) is 31.6. The molecule has 0 bridgehead atoms. The molecule has 11 rings (SSSR count). The summed E-state index contributed by atoms with van der Waals surface area (Å²) >= 11 is 0. The van der Waals surface area contributed by atoms with Crippen molar-refractivity contribution in [3.05, 3.63) is 192 Å². The number of rotatable bonds is 3. The molecule has 2 heterocycles. The van der Waals surface area contributed by atoms with Crippen LogP contribution in [-0.4, -0.2) is 6.04 Å². The molecule has 1 aliphatic heterocycles. The van der Waals surface area contributed by atoms with Gasteiger partial charge in [-0.1, -0.05) is 160 Å². The summed E-state index contributed by atoms with van der Waals surface area (Å²) in [7, 11) is 0. The zero-order valence-electron chi connectivity index (χ0n) is 30.1. The van der Waals surface area contributed by atoms with Gasteiger partial charge in [-0.25, -0.2) is 0 Å². The van der Waals surface area contributed by atoms with Gasteiger partial charge in [0.15, 0.2) is 0 Å². The molecule has 0 saturated carbocycles. The second-order valence-electron chi connectivity index (χ2n) is 15.2. The molecule has 2 unspecified atom stereocenters. The number of benzene rings is 6. The molecule has 0 radical (unpaired) electrons. The van der Waals surface area contributed by atoms with Gasteiger partial charge in [-0.2, -0.15) is 0 Å². The van der Waals surface area contributed by atoms with E-state index in [9.17, 15) is 0 Å². The van der Waals surface area contributed by atoms with Crippen LogP contribution in [0.3, 0.4) is 0 Å². The van der Waals surface area contributed by atoms with Crippen LogP contribution in [0.25, 0.3) is 60.9 Å². The Morgan fingerprint density at radius 1 is 0.623 bits per heavy atom. The van der Waals surface area contributed by atoms with Gasteiger partial charge in [-0.05, 0) is 92.8 Å². The third-order valence-electron chi connectivity index (χ3n) is 11.7. The van der Waals surface area contributed by atoms with Crippen LogP contribution in [0.2, 0.25) is 0 Å². The van der Waals surface area contributed by atoms with E-state index in [1.807, 2.05) is 12.1 Å². The summed E-state index contributed by atoms with van der Waals surface area (Å²) in [5, 5.41) is 6.02. The van der Waals surface area contributed by atoms with Gasteiger partial charge in [0.05, 0.1) is 6.04 Å². The highest BCUT2D eigenvalue weighted by Crippen LogP contribution is 2.55. The van der Waals surface area contributed by atoms with E-state index >= 15 is 0 Å². The number of allylic oxidation sites excluding steroid dienone is 6. The van der Waals surface area contributed by atoms with Crippen LogP contribution in [0, 0.1) is 0 Å². The third-order valence-corrected chi connectivity index (χ3v) is 11.7. The van der Waals surface area contributed by atoms with Gasteiger partial charge in [0.25, 0.3) is 0 Å². The molecule has 0 spiro atoms. The number of fused-ring (bicyclic) bond motifs is 10. The summed E-state index contributed by atoms with van der Waals surface area (Å²) in [4.78, 5) is 0. The molecule has 0 amide bonds. The Bertz CT molecular complexity index is 2700. The fourth-order valence-electron chi connectivity index (χ4n) is 9.13. The topological polar surface area (TPSA) is 25.2 Å². The zero-order valence-corrected chi connectivity index (χ0v) is 30.1. The second kappa shape index (κ2) is 12.5. The third kappa shape index (κ3) is 5.24. The van der Waals surface area contributed by atoms with Gasteiger partial charge < -0.3 is 9.73 Å². The molecule has 2 atom stereocenters. The number of hydrogen-bond acceptors (Lipinski definition) is 2. The van der Waals surface area contributed by atoms with Crippen LogP contribution in [0.1, 0.15) is 54.9 Å². The van der Waals surface area contributed by atoms with Crippen molar-refractivity contribution in [1.82, 2.24) is 0 Å².